The number of thioether (sulfide) groups is 1. The molecule has 0 bridgehead atoms. The number of hydrogen-bond acceptors (Lipinski definition) is 3. The molecule has 3 rings (SSSR count). The third-order valence-electron chi connectivity index (χ3n) is 2.31. The second kappa shape index (κ2) is 2.82. The van der Waals surface area contributed by atoms with Gasteiger partial charge < -0.3 is 0 Å². The standard InChI is InChI=1S/C11H7NOS/c13-10-4-3-8-7(10)6-11-9(12-8)2-1-5-14-11/h1-4,6H,5H2. The minimum atomic E-state index is 0.0745. The van der Waals surface area contributed by atoms with Crippen LogP contribution in [-0.2, 0) is 0 Å². The topological polar surface area (TPSA) is 30.0 Å². The maximum atomic E-state index is 11.4. The molecule has 1 aliphatic heterocycles. The molecule has 0 spiro atoms. The lowest BCUT2D eigenvalue weighted by Gasteiger charge is -2.10. The van der Waals surface area contributed by atoms with Gasteiger partial charge in [-0.3, -0.25) is 4.79 Å². The van der Waals surface area contributed by atoms with Crippen LogP contribution in [0.2, 0.25) is 0 Å². The summed E-state index contributed by atoms with van der Waals surface area (Å²) in [5.74, 6) is 1.04. The summed E-state index contributed by atoms with van der Waals surface area (Å²) in [6.07, 6.45) is 7.47. The highest BCUT2D eigenvalue weighted by atomic mass is 32.2. The van der Waals surface area contributed by atoms with Gasteiger partial charge in [-0.25, -0.2) is 4.98 Å². The van der Waals surface area contributed by atoms with Crippen molar-refractivity contribution < 1.29 is 4.79 Å². The largest absolute Gasteiger partial charge is 0.289 e. The molecular weight excluding hydrogens is 194 g/mol. The van der Waals surface area contributed by atoms with Gasteiger partial charge in [0, 0.05) is 16.2 Å². The van der Waals surface area contributed by atoms with E-state index in [2.05, 4.69) is 11.1 Å². The predicted octanol–water partition coefficient (Wildman–Crippen LogP) is 2.41. The van der Waals surface area contributed by atoms with E-state index in [1.807, 2.05) is 12.1 Å². The van der Waals surface area contributed by atoms with Gasteiger partial charge >= 0.3 is 0 Å². The number of pyridine rings is 1. The van der Waals surface area contributed by atoms with E-state index in [0.717, 1.165) is 27.6 Å². The van der Waals surface area contributed by atoms with Crippen LogP contribution in [0.25, 0.3) is 12.2 Å². The minimum Gasteiger partial charge on any atom is -0.289 e. The molecular formula is C11H7NOS. The predicted molar refractivity (Wildman–Crippen MR) is 57.4 cm³/mol. The molecule has 1 aliphatic carbocycles. The van der Waals surface area contributed by atoms with Crippen LogP contribution in [0.4, 0.5) is 0 Å². The van der Waals surface area contributed by atoms with Crippen LogP contribution in [0.3, 0.4) is 0 Å². The molecule has 1 aromatic rings. The molecule has 2 heterocycles. The van der Waals surface area contributed by atoms with Crippen molar-refractivity contribution in [2.45, 2.75) is 4.90 Å². The highest BCUT2D eigenvalue weighted by molar-refractivity contribution is 7.99. The van der Waals surface area contributed by atoms with Crippen LogP contribution < -0.4 is 0 Å². The average Bonchev–Trinajstić information content (AvgIpc) is 2.57. The van der Waals surface area contributed by atoms with Gasteiger partial charge in [0.1, 0.15) is 0 Å². The Morgan fingerprint density at radius 2 is 2.14 bits per heavy atom. The molecule has 3 heteroatoms. The van der Waals surface area contributed by atoms with Crippen LogP contribution in [0.5, 0.6) is 0 Å². The lowest BCUT2D eigenvalue weighted by molar-refractivity contribution is 0.104. The number of ketones is 1. The Bertz CT molecular complexity index is 488. The number of aromatic nitrogens is 1. The quantitative estimate of drug-likeness (QED) is 0.645. The van der Waals surface area contributed by atoms with Crippen molar-refractivity contribution in [2.75, 3.05) is 5.75 Å². The van der Waals surface area contributed by atoms with Crippen LogP contribution in [-0.4, -0.2) is 16.5 Å². The van der Waals surface area contributed by atoms with Gasteiger partial charge in [-0.1, -0.05) is 6.08 Å². The molecule has 0 amide bonds. The Hall–Kier alpha value is -1.35. The van der Waals surface area contributed by atoms with E-state index >= 15 is 0 Å². The van der Waals surface area contributed by atoms with Crippen molar-refractivity contribution in [1.82, 2.24) is 4.98 Å². The van der Waals surface area contributed by atoms with Crippen molar-refractivity contribution in [2.24, 2.45) is 0 Å². The van der Waals surface area contributed by atoms with Crippen molar-refractivity contribution in [3.8, 4) is 0 Å². The highest BCUT2D eigenvalue weighted by Gasteiger charge is 2.18. The fourth-order valence-electron chi connectivity index (χ4n) is 1.63. The van der Waals surface area contributed by atoms with Gasteiger partial charge in [0.05, 0.1) is 11.4 Å². The first-order valence-corrected chi connectivity index (χ1v) is 5.40. The van der Waals surface area contributed by atoms with Gasteiger partial charge in [0.15, 0.2) is 5.78 Å². The lowest BCUT2D eigenvalue weighted by Crippen LogP contribution is -1.99. The maximum Gasteiger partial charge on any atom is 0.188 e. The third-order valence-corrected chi connectivity index (χ3v) is 3.31. The molecule has 68 valence electrons. The molecule has 1 aromatic heterocycles. The van der Waals surface area contributed by atoms with Crippen LogP contribution >= 0.6 is 11.8 Å². The molecule has 0 N–H and O–H groups in total. The summed E-state index contributed by atoms with van der Waals surface area (Å²) < 4.78 is 0. The molecule has 2 nitrogen and oxygen atoms in total. The minimum absolute atomic E-state index is 0.0745. The monoisotopic (exact) mass is 201 g/mol. The zero-order valence-electron chi connectivity index (χ0n) is 7.36. The molecule has 0 saturated carbocycles. The molecule has 14 heavy (non-hydrogen) atoms. The van der Waals surface area contributed by atoms with Gasteiger partial charge in [-0.2, -0.15) is 0 Å². The summed E-state index contributed by atoms with van der Waals surface area (Å²) in [4.78, 5) is 16.9. The zero-order valence-corrected chi connectivity index (χ0v) is 8.17. The Labute approximate surface area is 85.7 Å². The molecule has 0 atom stereocenters. The normalized spacial score (nSPS) is 17.0. The fourth-order valence-corrected chi connectivity index (χ4v) is 2.46. The van der Waals surface area contributed by atoms with Gasteiger partial charge in [0.25, 0.3) is 0 Å². The van der Waals surface area contributed by atoms with Crippen molar-refractivity contribution in [3.05, 3.63) is 35.2 Å². The molecule has 0 saturated heterocycles. The van der Waals surface area contributed by atoms with Crippen LogP contribution in [0, 0.1) is 0 Å². The van der Waals surface area contributed by atoms with E-state index in [1.54, 1.807) is 23.9 Å². The van der Waals surface area contributed by atoms with E-state index in [-0.39, 0.29) is 5.78 Å². The second-order valence-electron chi connectivity index (χ2n) is 3.22. The van der Waals surface area contributed by atoms with E-state index in [9.17, 15) is 4.79 Å². The summed E-state index contributed by atoms with van der Waals surface area (Å²) >= 11 is 1.73. The zero-order chi connectivity index (χ0) is 9.54. The summed E-state index contributed by atoms with van der Waals surface area (Å²) in [5.41, 5.74) is 2.53. The van der Waals surface area contributed by atoms with E-state index in [1.165, 1.54) is 0 Å². The number of carbonyl (C=O) groups excluding carboxylic acids is 1. The van der Waals surface area contributed by atoms with Crippen LogP contribution in [0.15, 0.2) is 23.1 Å². The smallest absolute Gasteiger partial charge is 0.188 e. The van der Waals surface area contributed by atoms with Gasteiger partial charge in [-0.05, 0) is 24.3 Å². The fraction of sp³-hybridized carbons (Fsp3) is 0.0909. The van der Waals surface area contributed by atoms with E-state index < -0.39 is 0 Å². The first kappa shape index (κ1) is 8.00. The summed E-state index contributed by atoms with van der Waals surface area (Å²) in [6, 6.07) is 1.95. The number of fused-ring (bicyclic) bond motifs is 2. The van der Waals surface area contributed by atoms with Gasteiger partial charge in [0.2, 0.25) is 0 Å². The first-order valence-electron chi connectivity index (χ1n) is 4.41. The Morgan fingerprint density at radius 1 is 1.21 bits per heavy atom. The lowest BCUT2D eigenvalue weighted by atomic mass is 10.1. The first-order chi connectivity index (χ1) is 6.84. The third kappa shape index (κ3) is 1.06. The molecule has 0 aromatic carbocycles. The molecule has 0 unspecified atom stereocenters. The SMILES string of the molecule is O=C1C=Cc2nc3c(cc21)SCC=C3. The Balaban J connectivity index is 2.25. The average molecular weight is 201 g/mol. The second-order valence-corrected chi connectivity index (χ2v) is 4.28. The number of rotatable bonds is 0. The summed E-state index contributed by atoms with van der Waals surface area (Å²) in [7, 11) is 0. The van der Waals surface area contributed by atoms with E-state index in [4.69, 9.17) is 0 Å². The maximum absolute atomic E-state index is 11.4. The van der Waals surface area contributed by atoms with E-state index in [0.29, 0.717) is 0 Å². The van der Waals surface area contributed by atoms with Crippen molar-refractivity contribution in [3.63, 3.8) is 0 Å². The number of allylic oxidation sites excluding steroid dienone is 1. The van der Waals surface area contributed by atoms with Crippen LogP contribution in [0.1, 0.15) is 21.7 Å². The Morgan fingerprint density at radius 3 is 3.07 bits per heavy atom. The summed E-state index contributed by atoms with van der Waals surface area (Å²) in [5, 5.41) is 0. The number of carbonyl (C=O) groups is 1. The summed E-state index contributed by atoms with van der Waals surface area (Å²) in [6.45, 7) is 0. The molecule has 2 aliphatic rings. The van der Waals surface area contributed by atoms with Crippen molar-refractivity contribution >= 4 is 29.7 Å². The van der Waals surface area contributed by atoms with Gasteiger partial charge in [-0.15, -0.1) is 11.8 Å². The number of hydrogen-bond donors (Lipinski definition) is 0. The van der Waals surface area contributed by atoms with Crippen molar-refractivity contribution in [1.29, 1.82) is 0 Å². The molecule has 0 radical (unpaired) electrons. The molecule has 0 fully saturated rings. The highest BCUT2D eigenvalue weighted by Crippen LogP contribution is 2.31. The number of nitrogens with zero attached hydrogens (tertiary/aromatic N) is 1. The Kier molecular flexibility index (Phi) is 1.61.